The van der Waals surface area contributed by atoms with E-state index in [9.17, 15) is 10.1 Å². The van der Waals surface area contributed by atoms with Crippen molar-refractivity contribution in [3.05, 3.63) is 32.4 Å². The Balaban J connectivity index is 2.94. The minimum absolute atomic E-state index is 0.0637. The summed E-state index contributed by atoms with van der Waals surface area (Å²) in [6.45, 7) is 1.76. The first-order valence-corrected chi connectivity index (χ1v) is 4.68. The number of benzene rings is 1. The lowest BCUT2D eigenvalue weighted by molar-refractivity contribution is -0.383. The molecular weight excluding hydrogens is 250 g/mol. The zero-order valence-electron chi connectivity index (χ0n) is 7.24. The Bertz CT molecular complexity index is 521. The quantitative estimate of drug-likeness (QED) is 0.629. The van der Waals surface area contributed by atoms with Crippen molar-refractivity contribution in [3.63, 3.8) is 0 Å². The third kappa shape index (κ3) is 1.19. The molecule has 2 aromatic rings. The average Bonchev–Trinajstić information content (AvgIpc) is 2.47. The minimum atomic E-state index is -0.408. The molecule has 14 heavy (non-hydrogen) atoms. The van der Waals surface area contributed by atoms with Crippen molar-refractivity contribution in [3.8, 4) is 0 Å². The monoisotopic (exact) mass is 255 g/mol. The van der Waals surface area contributed by atoms with Gasteiger partial charge in [-0.3, -0.25) is 15.2 Å². The zero-order valence-corrected chi connectivity index (χ0v) is 8.83. The molecule has 72 valence electrons. The molecule has 5 nitrogen and oxygen atoms in total. The Morgan fingerprint density at radius 2 is 2.29 bits per heavy atom. The molecule has 0 aliphatic carbocycles. The Kier molecular flexibility index (Phi) is 1.99. The van der Waals surface area contributed by atoms with Crippen LogP contribution in [0.5, 0.6) is 0 Å². The minimum Gasteiger partial charge on any atom is -0.281 e. The number of nitro groups is 1. The van der Waals surface area contributed by atoms with E-state index < -0.39 is 4.92 Å². The van der Waals surface area contributed by atoms with Gasteiger partial charge in [0.25, 0.3) is 5.69 Å². The second-order valence-corrected chi connectivity index (χ2v) is 3.75. The van der Waals surface area contributed by atoms with E-state index in [0.717, 1.165) is 0 Å². The maximum absolute atomic E-state index is 10.8. The summed E-state index contributed by atoms with van der Waals surface area (Å²) in [7, 11) is 0. The Hall–Kier alpha value is -1.43. The summed E-state index contributed by atoms with van der Waals surface area (Å²) in [6.07, 6.45) is 0. The number of nitro benzene ring substituents is 1. The highest BCUT2D eigenvalue weighted by atomic mass is 79.9. The van der Waals surface area contributed by atoms with Crippen LogP contribution in [0.2, 0.25) is 0 Å². The van der Waals surface area contributed by atoms with Crippen LogP contribution in [-0.4, -0.2) is 15.1 Å². The van der Waals surface area contributed by atoms with Gasteiger partial charge < -0.3 is 0 Å². The number of nitrogens with zero attached hydrogens (tertiary/aromatic N) is 2. The molecule has 0 radical (unpaired) electrons. The highest BCUT2D eigenvalue weighted by molar-refractivity contribution is 9.10. The van der Waals surface area contributed by atoms with E-state index in [2.05, 4.69) is 26.1 Å². The first-order chi connectivity index (χ1) is 6.61. The Morgan fingerprint density at radius 1 is 1.57 bits per heavy atom. The molecule has 6 heteroatoms. The van der Waals surface area contributed by atoms with E-state index in [0.29, 0.717) is 21.1 Å². The molecule has 1 aromatic carbocycles. The summed E-state index contributed by atoms with van der Waals surface area (Å²) in [5.74, 6) is 0. The van der Waals surface area contributed by atoms with E-state index in [1.165, 1.54) is 0 Å². The second kappa shape index (κ2) is 3.06. The normalized spacial score (nSPS) is 10.7. The van der Waals surface area contributed by atoms with Crippen LogP contribution in [0.4, 0.5) is 5.69 Å². The summed E-state index contributed by atoms with van der Waals surface area (Å²) in [6, 6.07) is 3.36. The topological polar surface area (TPSA) is 71.8 Å². The van der Waals surface area contributed by atoms with Gasteiger partial charge in [0.15, 0.2) is 0 Å². The molecule has 0 bridgehead atoms. The van der Waals surface area contributed by atoms with E-state index in [-0.39, 0.29) is 5.69 Å². The van der Waals surface area contributed by atoms with Gasteiger partial charge in [0.05, 0.1) is 14.9 Å². The van der Waals surface area contributed by atoms with Gasteiger partial charge in [-0.25, -0.2) is 0 Å². The van der Waals surface area contributed by atoms with Crippen LogP contribution < -0.4 is 0 Å². The highest BCUT2D eigenvalue weighted by Crippen LogP contribution is 2.33. The maximum Gasteiger partial charge on any atom is 0.294 e. The first kappa shape index (κ1) is 9.14. The lowest BCUT2D eigenvalue weighted by Crippen LogP contribution is -1.90. The van der Waals surface area contributed by atoms with Crippen LogP contribution in [0.3, 0.4) is 0 Å². The van der Waals surface area contributed by atoms with Crippen molar-refractivity contribution in [2.75, 3.05) is 0 Å². The van der Waals surface area contributed by atoms with Crippen LogP contribution >= 0.6 is 15.9 Å². The van der Waals surface area contributed by atoms with Crippen molar-refractivity contribution >= 4 is 32.5 Å². The largest absolute Gasteiger partial charge is 0.294 e. The summed E-state index contributed by atoms with van der Waals surface area (Å²) < 4.78 is 0.472. The second-order valence-electron chi connectivity index (χ2n) is 2.90. The smallest absolute Gasteiger partial charge is 0.281 e. The molecule has 1 aromatic heterocycles. The van der Waals surface area contributed by atoms with Crippen molar-refractivity contribution < 1.29 is 4.92 Å². The number of fused-ring (bicyclic) bond motifs is 1. The number of aryl methyl sites for hydroxylation is 1. The van der Waals surface area contributed by atoms with Gasteiger partial charge in [-0.05, 0) is 35.0 Å². The standard InChI is InChI=1S/C8H6BrN3O2/c1-4-7-6(11-10-4)3-2-5(9)8(7)12(13)14/h2-3H,1H3,(H,10,11). The van der Waals surface area contributed by atoms with E-state index in [4.69, 9.17) is 0 Å². The van der Waals surface area contributed by atoms with Crippen LogP contribution in [0.25, 0.3) is 10.9 Å². The molecule has 0 fully saturated rings. The van der Waals surface area contributed by atoms with Crippen molar-refractivity contribution in [1.29, 1.82) is 0 Å². The van der Waals surface area contributed by atoms with Crippen molar-refractivity contribution in [1.82, 2.24) is 10.2 Å². The number of H-pyrrole nitrogens is 1. The maximum atomic E-state index is 10.8. The van der Waals surface area contributed by atoms with Crippen LogP contribution in [-0.2, 0) is 0 Å². The van der Waals surface area contributed by atoms with Crippen molar-refractivity contribution in [2.45, 2.75) is 6.92 Å². The molecule has 2 rings (SSSR count). The number of hydrogen-bond donors (Lipinski definition) is 1. The summed E-state index contributed by atoms with van der Waals surface area (Å²) in [5.41, 5.74) is 1.37. The van der Waals surface area contributed by atoms with E-state index in [1.807, 2.05) is 0 Å². The van der Waals surface area contributed by atoms with E-state index >= 15 is 0 Å². The predicted molar refractivity (Wildman–Crippen MR) is 55.2 cm³/mol. The fraction of sp³-hybridized carbons (Fsp3) is 0.125. The zero-order chi connectivity index (χ0) is 10.3. The third-order valence-corrected chi connectivity index (χ3v) is 2.65. The third-order valence-electron chi connectivity index (χ3n) is 2.01. The SMILES string of the molecule is Cc1[nH]nc2ccc(Br)c([N+](=O)[O-])c12. The molecule has 0 spiro atoms. The van der Waals surface area contributed by atoms with Crippen molar-refractivity contribution in [2.24, 2.45) is 0 Å². The number of aromatic nitrogens is 2. The van der Waals surface area contributed by atoms with Crippen LogP contribution in [0.1, 0.15) is 5.69 Å². The molecule has 0 atom stereocenters. The molecule has 0 saturated heterocycles. The van der Waals surface area contributed by atoms with Crippen LogP contribution in [0.15, 0.2) is 16.6 Å². The van der Waals surface area contributed by atoms with Gasteiger partial charge in [-0.15, -0.1) is 0 Å². The summed E-state index contributed by atoms with van der Waals surface area (Å²) in [4.78, 5) is 10.4. The van der Waals surface area contributed by atoms with Crippen LogP contribution in [0, 0.1) is 17.0 Å². The Labute approximate surface area is 87.4 Å². The fourth-order valence-corrected chi connectivity index (χ4v) is 1.87. The van der Waals surface area contributed by atoms with Gasteiger partial charge in [0, 0.05) is 5.69 Å². The molecule has 0 unspecified atom stereocenters. The number of hydrogen-bond acceptors (Lipinski definition) is 3. The fourth-order valence-electron chi connectivity index (χ4n) is 1.40. The predicted octanol–water partition coefficient (Wildman–Crippen LogP) is 2.54. The van der Waals surface area contributed by atoms with Gasteiger partial charge in [-0.1, -0.05) is 0 Å². The van der Waals surface area contributed by atoms with Gasteiger partial charge >= 0.3 is 0 Å². The molecule has 0 aliphatic rings. The number of aromatic amines is 1. The lowest BCUT2D eigenvalue weighted by atomic mass is 10.2. The average molecular weight is 256 g/mol. The number of halogens is 1. The number of nitrogens with one attached hydrogen (secondary N) is 1. The van der Waals surface area contributed by atoms with Gasteiger partial charge in [0.1, 0.15) is 5.39 Å². The molecule has 1 heterocycles. The molecule has 0 saturated carbocycles. The molecule has 0 amide bonds. The lowest BCUT2D eigenvalue weighted by Gasteiger charge is -1.96. The summed E-state index contributed by atoms with van der Waals surface area (Å²) in [5, 5.41) is 18.1. The molecule has 0 aliphatic heterocycles. The van der Waals surface area contributed by atoms with E-state index in [1.54, 1.807) is 19.1 Å². The number of rotatable bonds is 1. The summed E-state index contributed by atoms with van der Waals surface area (Å²) >= 11 is 3.15. The first-order valence-electron chi connectivity index (χ1n) is 3.89. The highest BCUT2D eigenvalue weighted by Gasteiger charge is 2.20. The van der Waals surface area contributed by atoms with Gasteiger partial charge in [-0.2, -0.15) is 5.10 Å². The van der Waals surface area contributed by atoms with Gasteiger partial charge in [0.2, 0.25) is 0 Å². The molecule has 1 N–H and O–H groups in total. The molecular formula is C8H6BrN3O2. The Morgan fingerprint density at radius 3 is 2.93 bits per heavy atom.